The van der Waals surface area contributed by atoms with Crippen LogP contribution in [0, 0.1) is 11.8 Å². The largest absolute Gasteiger partial charge is 0.350 e. The van der Waals surface area contributed by atoms with Crippen molar-refractivity contribution in [3.8, 4) is 0 Å². The number of hydrazone groups is 1. The second-order valence-electron chi connectivity index (χ2n) is 5.06. The number of hydrogen-bond donors (Lipinski definition) is 2. The first-order valence-electron chi connectivity index (χ1n) is 6.36. The molecule has 4 heteroatoms. The van der Waals surface area contributed by atoms with E-state index in [4.69, 9.17) is 5.73 Å². The van der Waals surface area contributed by atoms with Gasteiger partial charge in [0.05, 0.1) is 0 Å². The van der Waals surface area contributed by atoms with Gasteiger partial charge in [-0.15, -0.1) is 0 Å². The zero-order chi connectivity index (χ0) is 11.4. The van der Waals surface area contributed by atoms with Gasteiger partial charge in [-0.25, -0.2) is 10.2 Å². The highest BCUT2D eigenvalue weighted by Crippen LogP contribution is 2.38. The summed E-state index contributed by atoms with van der Waals surface area (Å²) >= 11 is 0. The quantitative estimate of drug-likeness (QED) is 0.693. The summed E-state index contributed by atoms with van der Waals surface area (Å²) in [5, 5.41) is 4.06. The molecule has 0 saturated heterocycles. The third-order valence-corrected chi connectivity index (χ3v) is 3.94. The van der Waals surface area contributed by atoms with Crippen molar-refractivity contribution in [2.24, 2.45) is 22.7 Å². The van der Waals surface area contributed by atoms with Crippen LogP contribution in [0.15, 0.2) is 5.10 Å². The van der Waals surface area contributed by atoms with Gasteiger partial charge in [0.15, 0.2) is 0 Å². The van der Waals surface area contributed by atoms with E-state index >= 15 is 0 Å². The molecule has 90 valence electrons. The van der Waals surface area contributed by atoms with Crippen LogP contribution in [-0.2, 0) is 0 Å². The number of carbonyl (C=O) groups is 1. The van der Waals surface area contributed by atoms with Crippen molar-refractivity contribution >= 4 is 11.7 Å². The van der Waals surface area contributed by atoms with E-state index in [1.165, 1.54) is 38.5 Å². The van der Waals surface area contributed by atoms with Crippen LogP contribution in [0.5, 0.6) is 0 Å². The number of hydrogen-bond acceptors (Lipinski definition) is 2. The van der Waals surface area contributed by atoms with Crippen LogP contribution in [-0.4, -0.2) is 11.7 Å². The topological polar surface area (TPSA) is 67.5 Å². The Morgan fingerprint density at radius 1 is 1.19 bits per heavy atom. The minimum Gasteiger partial charge on any atom is -0.350 e. The Morgan fingerprint density at radius 2 is 1.94 bits per heavy atom. The fourth-order valence-electron chi connectivity index (χ4n) is 3.10. The lowest BCUT2D eigenvalue weighted by molar-refractivity contribution is 0.249. The molecule has 0 radical (unpaired) electrons. The number of carbonyl (C=O) groups excluding carboxylic acids is 1. The molecular formula is C12H21N3O. The van der Waals surface area contributed by atoms with Gasteiger partial charge in [0.1, 0.15) is 0 Å². The zero-order valence-electron chi connectivity index (χ0n) is 9.74. The second-order valence-corrected chi connectivity index (χ2v) is 5.06. The predicted molar refractivity (Wildman–Crippen MR) is 64.1 cm³/mol. The number of rotatable bonds is 2. The molecule has 0 aromatic carbocycles. The molecule has 2 amide bonds. The molecule has 3 N–H and O–H groups in total. The number of urea groups is 1. The molecule has 0 aromatic heterocycles. The van der Waals surface area contributed by atoms with Crippen LogP contribution in [0.25, 0.3) is 0 Å². The summed E-state index contributed by atoms with van der Waals surface area (Å²) in [4.78, 5) is 10.5. The molecule has 0 aromatic rings. The average Bonchev–Trinajstić information content (AvgIpc) is 2.76. The SMILES string of the molecule is NC(=O)NN=C1CCC(C2CCCCC2)C1. The molecule has 1 unspecified atom stereocenters. The summed E-state index contributed by atoms with van der Waals surface area (Å²) in [5.41, 5.74) is 8.45. The lowest BCUT2D eigenvalue weighted by atomic mass is 9.79. The highest BCUT2D eigenvalue weighted by Gasteiger charge is 2.29. The Bertz CT molecular complexity index is 282. The Morgan fingerprint density at radius 3 is 2.62 bits per heavy atom. The maximum Gasteiger partial charge on any atom is 0.332 e. The van der Waals surface area contributed by atoms with E-state index in [1.54, 1.807) is 0 Å². The molecule has 4 nitrogen and oxygen atoms in total. The molecule has 0 bridgehead atoms. The van der Waals surface area contributed by atoms with E-state index < -0.39 is 6.03 Å². The lowest BCUT2D eigenvalue weighted by Gasteiger charge is -2.26. The summed E-state index contributed by atoms with van der Waals surface area (Å²) in [5.74, 6) is 1.70. The molecular weight excluding hydrogens is 202 g/mol. The minimum absolute atomic E-state index is 0.561. The molecule has 16 heavy (non-hydrogen) atoms. The van der Waals surface area contributed by atoms with Gasteiger partial charge < -0.3 is 5.73 Å². The van der Waals surface area contributed by atoms with Gasteiger partial charge in [0, 0.05) is 5.71 Å². The molecule has 0 aliphatic heterocycles. The first kappa shape index (κ1) is 11.4. The third kappa shape index (κ3) is 2.97. The molecule has 1 atom stereocenters. The van der Waals surface area contributed by atoms with Crippen LogP contribution in [0.1, 0.15) is 51.4 Å². The van der Waals surface area contributed by atoms with Crippen molar-refractivity contribution in [3.05, 3.63) is 0 Å². The maximum absolute atomic E-state index is 10.5. The standard InChI is InChI=1S/C12H21N3O/c13-12(16)15-14-11-7-6-10(8-11)9-4-2-1-3-5-9/h9-10H,1-8H2,(H3,13,15,16). The first-order chi connectivity index (χ1) is 7.75. The van der Waals surface area contributed by atoms with Gasteiger partial charge in [0.2, 0.25) is 0 Å². The number of nitrogens with one attached hydrogen (secondary N) is 1. The Hall–Kier alpha value is -1.06. The van der Waals surface area contributed by atoms with Gasteiger partial charge in [-0.1, -0.05) is 32.1 Å². The molecule has 0 heterocycles. The smallest absolute Gasteiger partial charge is 0.332 e. The fourth-order valence-corrected chi connectivity index (χ4v) is 3.10. The molecule has 2 saturated carbocycles. The van der Waals surface area contributed by atoms with Gasteiger partial charge in [-0.05, 0) is 31.1 Å². The van der Waals surface area contributed by atoms with Gasteiger partial charge in [-0.3, -0.25) is 0 Å². The first-order valence-corrected chi connectivity index (χ1v) is 6.36. The second kappa shape index (κ2) is 5.32. The third-order valence-electron chi connectivity index (χ3n) is 3.94. The summed E-state index contributed by atoms with van der Waals surface area (Å²) in [6.45, 7) is 0. The molecule has 2 fully saturated rings. The number of nitrogens with zero attached hydrogens (tertiary/aromatic N) is 1. The van der Waals surface area contributed by atoms with E-state index in [2.05, 4.69) is 10.5 Å². The highest BCUT2D eigenvalue weighted by molar-refractivity contribution is 5.87. The fraction of sp³-hybridized carbons (Fsp3) is 0.833. The molecule has 2 aliphatic rings. The zero-order valence-corrected chi connectivity index (χ0v) is 9.74. The maximum atomic E-state index is 10.5. The highest BCUT2D eigenvalue weighted by atomic mass is 16.2. The van der Waals surface area contributed by atoms with Crippen LogP contribution < -0.4 is 11.2 Å². The van der Waals surface area contributed by atoms with Crippen LogP contribution in [0.2, 0.25) is 0 Å². The van der Waals surface area contributed by atoms with Crippen molar-refractivity contribution in [1.29, 1.82) is 0 Å². The Balaban J connectivity index is 1.82. The molecule has 2 aliphatic carbocycles. The normalized spacial score (nSPS) is 29.5. The van der Waals surface area contributed by atoms with Gasteiger partial charge in [-0.2, -0.15) is 5.10 Å². The number of nitrogens with two attached hydrogens (primary N) is 1. The number of primary amides is 1. The monoisotopic (exact) mass is 223 g/mol. The van der Waals surface area contributed by atoms with E-state index in [1.807, 2.05) is 0 Å². The van der Waals surface area contributed by atoms with Crippen LogP contribution in [0.4, 0.5) is 4.79 Å². The van der Waals surface area contributed by atoms with Crippen molar-refractivity contribution < 1.29 is 4.79 Å². The van der Waals surface area contributed by atoms with E-state index in [-0.39, 0.29) is 0 Å². The summed E-state index contributed by atoms with van der Waals surface area (Å²) in [7, 11) is 0. The molecule has 0 spiro atoms. The van der Waals surface area contributed by atoms with Crippen molar-refractivity contribution in [2.75, 3.05) is 0 Å². The van der Waals surface area contributed by atoms with Gasteiger partial charge in [0.25, 0.3) is 0 Å². The van der Waals surface area contributed by atoms with Gasteiger partial charge >= 0.3 is 6.03 Å². The Kier molecular flexibility index (Phi) is 3.80. The van der Waals surface area contributed by atoms with Crippen molar-refractivity contribution in [2.45, 2.75) is 51.4 Å². The van der Waals surface area contributed by atoms with Crippen molar-refractivity contribution in [1.82, 2.24) is 5.43 Å². The minimum atomic E-state index is -0.561. The summed E-state index contributed by atoms with van der Waals surface area (Å²) in [6.07, 6.45) is 10.3. The van der Waals surface area contributed by atoms with Crippen molar-refractivity contribution in [3.63, 3.8) is 0 Å². The average molecular weight is 223 g/mol. The summed E-state index contributed by atoms with van der Waals surface area (Å²) in [6, 6.07) is -0.561. The van der Waals surface area contributed by atoms with E-state index in [0.29, 0.717) is 0 Å². The molecule has 2 rings (SSSR count). The predicted octanol–water partition coefficient (Wildman–Crippen LogP) is 2.39. The Labute approximate surface area is 96.7 Å². The summed E-state index contributed by atoms with van der Waals surface area (Å²) < 4.78 is 0. The number of amides is 2. The van der Waals surface area contributed by atoms with E-state index in [9.17, 15) is 4.79 Å². The van der Waals surface area contributed by atoms with Crippen LogP contribution in [0.3, 0.4) is 0 Å². The van der Waals surface area contributed by atoms with Crippen LogP contribution >= 0.6 is 0 Å². The lowest BCUT2D eigenvalue weighted by Crippen LogP contribution is -2.25. The van der Waals surface area contributed by atoms with E-state index in [0.717, 1.165) is 30.4 Å².